The van der Waals surface area contributed by atoms with Gasteiger partial charge in [0.15, 0.2) is 5.82 Å². The molecule has 4 nitrogen and oxygen atoms in total. The fourth-order valence-electron chi connectivity index (χ4n) is 2.44. The van der Waals surface area contributed by atoms with Crippen molar-refractivity contribution in [1.29, 1.82) is 0 Å². The van der Waals surface area contributed by atoms with Crippen molar-refractivity contribution in [2.75, 3.05) is 18.3 Å². The number of hydrogen-bond acceptors (Lipinski definition) is 4. The van der Waals surface area contributed by atoms with E-state index >= 15 is 0 Å². The second-order valence-corrected chi connectivity index (χ2v) is 5.85. The molecule has 0 atom stereocenters. The Morgan fingerprint density at radius 2 is 2.04 bits per heavy atom. The molecule has 25 heavy (non-hydrogen) atoms. The lowest BCUT2D eigenvalue weighted by Gasteiger charge is -2.13. The first-order valence-electron chi connectivity index (χ1n) is 7.22. The lowest BCUT2D eigenvalue weighted by molar-refractivity contribution is 0.411. The highest BCUT2D eigenvalue weighted by molar-refractivity contribution is 6.31. The fourth-order valence-corrected chi connectivity index (χ4v) is 2.82. The van der Waals surface area contributed by atoms with Crippen LogP contribution in [-0.2, 0) is 6.42 Å². The van der Waals surface area contributed by atoms with Gasteiger partial charge in [0.05, 0.1) is 23.3 Å². The van der Waals surface area contributed by atoms with E-state index in [0.717, 1.165) is 10.9 Å². The van der Waals surface area contributed by atoms with Crippen molar-refractivity contribution in [1.82, 2.24) is 9.97 Å². The Morgan fingerprint density at radius 1 is 1.24 bits per heavy atom. The number of anilines is 2. The maximum absolute atomic E-state index is 14.1. The Morgan fingerprint density at radius 3 is 2.76 bits per heavy atom. The van der Waals surface area contributed by atoms with Crippen LogP contribution in [0.15, 0.2) is 36.7 Å². The molecule has 0 aliphatic rings. The summed E-state index contributed by atoms with van der Waals surface area (Å²) < 4.78 is 19.5. The molecule has 0 saturated carbocycles. The minimum atomic E-state index is -0.527. The van der Waals surface area contributed by atoms with Crippen LogP contribution in [0, 0.1) is 5.82 Å². The van der Waals surface area contributed by atoms with Crippen LogP contribution in [0.3, 0.4) is 0 Å². The third-order valence-corrected chi connectivity index (χ3v) is 4.09. The number of aromatic nitrogens is 2. The van der Waals surface area contributed by atoms with Crippen LogP contribution in [0.1, 0.15) is 5.56 Å². The van der Waals surface area contributed by atoms with Gasteiger partial charge in [-0.2, -0.15) is 0 Å². The SMILES string of the molecule is COc1cc2ncnc(Nc3cccc(Cl)c3F)c2cc1CCCl.Cl. The molecule has 0 fully saturated rings. The number of nitrogens with one attached hydrogen (secondary N) is 1. The summed E-state index contributed by atoms with van der Waals surface area (Å²) in [4.78, 5) is 8.47. The maximum Gasteiger partial charge on any atom is 0.165 e. The van der Waals surface area contributed by atoms with Gasteiger partial charge in [-0.25, -0.2) is 14.4 Å². The number of nitrogens with zero attached hydrogens (tertiary/aromatic N) is 2. The molecule has 1 N–H and O–H groups in total. The molecule has 0 saturated heterocycles. The summed E-state index contributed by atoms with van der Waals surface area (Å²) in [6.45, 7) is 0. The largest absolute Gasteiger partial charge is 0.496 e. The number of benzene rings is 2. The van der Waals surface area contributed by atoms with Gasteiger partial charge < -0.3 is 10.1 Å². The number of halogens is 4. The third kappa shape index (κ3) is 4.06. The first kappa shape index (κ1) is 19.5. The zero-order valence-corrected chi connectivity index (χ0v) is 15.6. The van der Waals surface area contributed by atoms with Crippen molar-refractivity contribution < 1.29 is 9.13 Å². The van der Waals surface area contributed by atoms with E-state index in [1.54, 1.807) is 19.2 Å². The van der Waals surface area contributed by atoms with Crippen molar-refractivity contribution >= 4 is 58.0 Å². The summed E-state index contributed by atoms with van der Waals surface area (Å²) in [6, 6.07) is 8.47. The topological polar surface area (TPSA) is 47.0 Å². The maximum atomic E-state index is 14.1. The van der Waals surface area contributed by atoms with Gasteiger partial charge in [-0.05, 0) is 30.2 Å². The van der Waals surface area contributed by atoms with Crippen molar-refractivity contribution in [3.63, 3.8) is 0 Å². The van der Waals surface area contributed by atoms with Gasteiger partial charge in [-0.3, -0.25) is 0 Å². The molecule has 0 spiro atoms. The average Bonchev–Trinajstić information content (AvgIpc) is 2.59. The van der Waals surface area contributed by atoms with Crippen LogP contribution in [0.2, 0.25) is 5.02 Å². The van der Waals surface area contributed by atoms with Crippen LogP contribution < -0.4 is 10.1 Å². The standard InChI is InChI=1S/C17H14Cl2FN3O.ClH/c1-24-15-8-14-11(7-10(15)5-6-18)17(22-9-21-14)23-13-4-2-3-12(19)16(13)20;/h2-4,7-9H,5-6H2,1H3,(H,21,22,23);1H. The molecule has 1 aromatic heterocycles. The lowest BCUT2D eigenvalue weighted by atomic mass is 10.1. The molecular weight excluding hydrogens is 388 g/mol. The second kappa shape index (κ2) is 8.52. The Bertz CT molecular complexity index is 892. The van der Waals surface area contributed by atoms with Crippen molar-refractivity contribution in [2.24, 2.45) is 0 Å². The zero-order valence-electron chi connectivity index (χ0n) is 13.2. The molecule has 8 heteroatoms. The predicted octanol–water partition coefficient (Wildman–Crippen LogP) is 5.38. The molecule has 0 amide bonds. The van der Waals surface area contributed by atoms with Gasteiger partial charge in [-0.1, -0.05) is 17.7 Å². The van der Waals surface area contributed by atoms with Gasteiger partial charge in [0.1, 0.15) is 17.9 Å². The normalized spacial score (nSPS) is 10.4. The first-order chi connectivity index (χ1) is 11.6. The highest BCUT2D eigenvalue weighted by atomic mass is 35.5. The Kier molecular flexibility index (Phi) is 6.64. The number of alkyl halides is 1. The number of rotatable bonds is 5. The second-order valence-electron chi connectivity index (χ2n) is 5.07. The quantitative estimate of drug-likeness (QED) is 0.582. The lowest BCUT2D eigenvalue weighted by Crippen LogP contribution is -2.00. The van der Waals surface area contributed by atoms with E-state index in [1.165, 1.54) is 12.4 Å². The van der Waals surface area contributed by atoms with Crippen LogP contribution in [0.5, 0.6) is 5.75 Å². The number of hydrogen-bond donors (Lipinski definition) is 1. The third-order valence-electron chi connectivity index (χ3n) is 3.61. The summed E-state index contributed by atoms with van der Waals surface area (Å²) in [5, 5.41) is 3.77. The van der Waals surface area contributed by atoms with E-state index in [9.17, 15) is 4.39 Å². The molecule has 0 radical (unpaired) electrons. The van der Waals surface area contributed by atoms with Gasteiger partial charge in [0.2, 0.25) is 0 Å². The van der Waals surface area contributed by atoms with Gasteiger partial charge in [0.25, 0.3) is 0 Å². The van der Waals surface area contributed by atoms with Crippen molar-refractivity contribution in [3.05, 3.63) is 53.1 Å². The molecule has 1 heterocycles. The molecular formula is C17H15Cl3FN3O. The minimum absolute atomic E-state index is 0. The van der Waals surface area contributed by atoms with Crippen LogP contribution in [0.25, 0.3) is 10.9 Å². The molecule has 0 aliphatic carbocycles. The van der Waals surface area contributed by atoms with Gasteiger partial charge >= 0.3 is 0 Å². The van der Waals surface area contributed by atoms with E-state index in [0.29, 0.717) is 29.4 Å². The van der Waals surface area contributed by atoms with E-state index < -0.39 is 5.82 Å². The number of aryl methyl sites for hydroxylation is 1. The number of ether oxygens (including phenoxy) is 1. The number of fused-ring (bicyclic) bond motifs is 1. The zero-order chi connectivity index (χ0) is 17.1. The summed E-state index contributed by atoms with van der Waals surface area (Å²) in [7, 11) is 1.60. The highest BCUT2D eigenvalue weighted by Gasteiger charge is 2.12. The summed E-state index contributed by atoms with van der Waals surface area (Å²) in [5.74, 6) is 1.13. The van der Waals surface area contributed by atoms with E-state index in [-0.39, 0.29) is 23.1 Å². The first-order valence-corrected chi connectivity index (χ1v) is 8.14. The van der Waals surface area contributed by atoms with Crippen molar-refractivity contribution in [3.8, 4) is 5.75 Å². The van der Waals surface area contributed by atoms with Crippen LogP contribution in [0.4, 0.5) is 15.9 Å². The molecule has 132 valence electrons. The number of methoxy groups -OCH3 is 1. The van der Waals surface area contributed by atoms with E-state index in [4.69, 9.17) is 27.9 Å². The minimum Gasteiger partial charge on any atom is -0.496 e. The average molecular weight is 403 g/mol. The molecule has 0 bridgehead atoms. The molecule has 2 aromatic carbocycles. The Balaban J connectivity index is 0.00000225. The van der Waals surface area contributed by atoms with Crippen LogP contribution >= 0.6 is 35.6 Å². The molecule has 0 aliphatic heterocycles. The van der Waals surface area contributed by atoms with Gasteiger partial charge in [0, 0.05) is 17.3 Å². The van der Waals surface area contributed by atoms with Crippen molar-refractivity contribution in [2.45, 2.75) is 6.42 Å². The highest BCUT2D eigenvalue weighted by Crippen LogP contribution is 2.31. The molecule has 0 unspecified atom stereocenters. The van der Waals surface area contributed by atoms with E-state index in [2.05, 4.69) is 15.3 Å². The Hall–Kier alpha value is -1.82. The summed E-state index contributed by atoms with van der Waals surface area (Å²) in [6.07, 6.45) is 2.05. The van der Waals surface area contributed by atoms with Gasteiger partial charge in [-0.15, -0.1) is 24.0 Å². The predicted molar refractivity (Wildman–Crippen MR) is 102 cm³/mol. The fraction of sp³-hybridized carbons (Fsp3) is 0.176. The molecule has 3 aromatic rings. The van der Waals surface area contributed by atoms with E-state index in [1.807, 2.05) is 12.1 Å². The summed E-state index contributed by atoms with van der Waals surface area (Å²) in [5.41, 5.74) is 1.87. The summed E-state index contributed by atoms with van der Waals surface area (Å²) >= 11 is 11.7. The Labute approximate surface area is 160 Å². The van der Waals surface area contributed by atoms with Crippen LogP contribution in [-0.4, -0.2) is 23.0 Å². The molecule has 3 rings (SSSR count). The smallest absolute Gasteiger partial charge is 0.165 e. The monoisotopic (exact) mass is 401 g/mol.